The van der Waals surface area contributed by atoms with Crippen LogP contribution in [0.1, 0.15) is 19.8 Å². The number of hydrogen-bond acceptors (Lipinski definition) is 2. The average molecular weight is 168 g/mol. The third kappa shape index (κ3) is 6.84. The van der Waals surface area contributed by atoms with Crippen molar-refractivity contribution in [2.24, 2.45) is 0 Å². The molecule has 0 aromatic heterocycles. The summed E-state index contributed by atoms with van der Waals surface area (Å²) >= 11 is 0. The molecule has 0 spiro atoms. The quantitative estimate of drug-likeness (QED) is 0.484. The van der Waals surface area contributed by atoms with E-state index in [2.05, 4.69) is 5.92 Å². The molecule has 0 saturated carbocycles. The van der Waals surface area contributed by atoms with Crippen LogP contribution in [0.3, 0.4) is 0 Å². The molecule has 12 heavy (non-hydrogen) atoms. The monoisotopic (exact) mass is 168 g/mol. The van der Waals surface area contributed by atoms with Crippen LogP contribution in [0, 0.1) is 11.8 Å². The van der Waals surface area contributed by atoms with Crippen molar-refractivity contribution in [1.82, 2.24) is 0 Å². The molecule has 1 atom stereocenters. The summed E-state index contributed by atoms with van der Waals surface area (Å²) in [5.41, 5.74) is 0. The number of carboxylic acids is 1. The zero-order chi connectivity index (χ0) is 9.40. The summed E-state index contributed by atoms with van der Waals surface area (Å²) in [6.07, 6.45) is 4.09. The largest absolute Gasteiger partial charge is 0.472 e. The summed E-state index contributed by atoms with van der Waals surface area (Å²) in [6, 6.07) is 0. The van der Waals surface area contributed by atoms with E-state index in [0.29, 0.717) is 6.42 Å². The molecule has 0 radical (unpaired) electrons. The fraction of sp³-hybridized carbons (Fsp3) is 0.444. The van der Waals surface area contributed by atoms with Gasteiger partial charge in [-0.3, -0.25) is 0 Å². The van der Waals surface area contributed by atoms with Crippen molar-refractivity contribution in [2.45, 2.75) is 25.9 Å². The molecule has 0 rings (SSSR count). The zero-order valence-electron chi connectivity index (χ0n) is 6.95. The van der Waals surface area contributed by atoms with Gasteiger partial charge in [0, 0.05) is 12.3 Å². The second-order valence-corrected chi connectivity index (χ2v) is 2.21. The Balaban J connectivity index is 3.76. The van der Waals surface area contributed by atoms with Gasteiger partial charge in [-0.2, -0.15) is 0 Å². The second kappa shape index (κ2) is 6.44. The first-order chi connectivity index (χ1) is 5.66. The van der Waals surface area contributed by atoms with E-state index in [0.717, 1.165) is 6.42 Å². The van der Waals surface area contributed by atoms with E-state index in [1.165, 1.54) is 0 Å². The van der Waals surface area contributed by atoms with Crippen LogP contribution in [0.2, 0.25) is 0 Å². The predicted molar refractivity (Wildman–Crippen MR) is 45.5 cm³/mol. The molecular weight excluding hydrogens is 156 g/mol. The molecule has 0 unspecified atom stereocenters. The van der Waals surface area contributed by atoms with Crippen LogP contribution in [0.5, 0.6) is 0 Å². The van der Waals surface area contributed by atoms with Crippen molar-refractivity contribution in [3.63, 3.8) is 0 Å². The van der Waals surface area contributed by atoms with Gasteiger partial charge in [-0.1, -0.05) is 25.0 Å². The molecule has 0 aliphatic heterocycles. The van der Waals surface area contributed by atoms with E-state index in [4.69, 9.17) is 10.2 Å². The lowest BCUT2D eigenvalue weighted by molar-refractivity contribution is -0.130. The number of carbonyl (C=O) groups is 1. The maximum Gasteiger partial charge on any atom is 0.381 e. The van der Waals surface area contributed by atoms with Crippen molar-refractivity contribution in [3.05, 3.63) is 12.2 Å². The van der Waals surface area contributed by atoms with Gasteiger partial charge < -0.3 is 10.2 Å². The maximum atomic E-state index is 9.93. The maximum absolute atomic E-state index is 9.93. The Morgan fingerprint density at radius 2 is 2.25 bits per heavy atom. The van der Waals surface area contributed by atoms with Gasteiger partial charge >= 0.3 is 5.97 Å². The Bertz CT molecular complexity index is 220. The summed E-state index contributed by atoms with van der Waals surface area (Å²) in [6.45, 7) is 1.98. The zero-order valence-corrected chi connectivity index (χ0v) is 6.95. The smallest absolute Gasteiger partial charge is 0.381 e. The third-order valence-electron chi connectivity index (χ3n) is 1.11. The Hall–Kier alpha value is -1.27. The molecule has 0 amide bonds. The lowest BCUT2D eigenvalue weighted by Crippen LogP contribution is -2.01. The van der Waals surface area contributed by atoms with Gasteiger partial charge in [0.2, 0.25) is 0 Å². The predicted octanol–water partition coefficient (Wildman–Crippen LogP) is 0.792. The molecular formula is C9H12O3. The van der Waals surface area contributed by atoms with Gasteiger partial charge in [0.15, 0.2) is 0 Å². The van der Waals surface area contributed by atoms with Crippen LogP contribution in [0.15, 0.2) is 12.2 Å². The van der Waals surface area contributed by atoms with E-state index in [1.807, 2.05) is 18.9 Å². The molecule has 0 bridgehead atoms. The summed E-state index contributed by atoms with van der Waals surface area (Å²) in [5, 5.41) is 17.2. The van der Waals surface area contributed by atoms with E-state index in [9.17, 15) is 4.79 Å². The lowest BCUT2D eigenvalue weighted by atomic mass is 10.2. The van der Waals surface area contributed by atoms with E-state index < -0.39 is 12.1 Å². The van der Waals surface area contributed by atoms with Gasteiger partial charge in [0.1, 0.15) is 6.10 Å². The number of aliphatic carboxylic acids is 1. The molecule has 3 heteroatoms. The summed E-state index contributed by atoms with van der Waals surface area (Å²) in [7, 11) is 0. The van der Waals surface area contributed by atoms with Crippen LogP contribution >= 0.6 is 0 Å². The highest BCUT2D eigenvalue weighted by molar-refractivity contribution is 5.86. The highest BCUT2D eigenvalue weighted by Gasteiger charge is 1.94. The van der Waals surface area contributed by atoms with Crippen LogP contribution in [-0.4, -0.2) is 22.3 Å². The normalized spacial score (nSPS) is 12.2. The third-order valence-corrected chi connectivity index (χ3v) is 1.11. The lowest BCUT2D eigenvalue weighted by Gasteiger charge is -1.94. The molecule has 0 aromatic rings. The number of allylic oxidation sites excluding steroid dienone is 1. The van der Waals surface area contributed by atoms with Crippen LogP contribution in [-0.2, 0) is 4.79 Å². The fourth-order valence-corrected chi connectivity index (χ4v) is 0.596. The summed E-state index contributed by atoms with van der Waals surface area (Å²) in [5.74, 6) is 2.84. The van der Waals surface area contributed by atoms with Gasteiger partial charge in [-0.15, -0.1) is 0 Å². The molecule has 0 aromatic carbocycles. The standard InChI is InChI=1S/C9H12O3/c1-2-3-4-5-8(10)6-7-9(11)12/h3-4,8,10H,2,5H2,1H3,(H,11,12)/b4-3-/t8-/m1/s1. The first kappa shape index (κ1) is 10.7. The van der Waals surface area contributed by atoms with Gasteiger partial charge in [-0.25, -0.2) is 4.79 Å². The minimum Gasteiger partial charge on any atom is -0.472 e. The first-order valence-electron chi connectivity index (χ1n) is 3.74. The first-order valence-corrected chi connectivity index (χ1v) is 3.74. The molecule has 0 heterocycles. The number of aliphatic hydroxyl groups is 1. The number of hydrogen-bond donors (Lipinski definition) is 2. The highest BCUT2D eigenvalue weighted by atomic mass is 16.4. The minimum absolute atomic E-state index is 0.383. The Morgan fingerprint density at radius 3 is 2.75 bits per heavy atom. The summed E-state index contributed by atoms with van der Waals surface area (Å²) < 4.78 is 0. The molecule has 0 saturated heterocycles. The Morgan fingerprint density at radius 1 is 1.58 bits per heavy atom. The van der Waals surface area contributed by atoms with Crippen molar-refractivity contribution in [1.29, 1.82) is 0 Å². The van der Waals surface area contributed by atoms with E-state index >= 15 is 0 Å². The van der Waals surface area contributed by atoms with Crippen molar-refractivity contribution < 1.29 is 15.0 Å². The molecule has 2 N–H and O–H groups in total. The molecule has 0 aliphatic carbocycles. The Kier molecular flexibility index (Phi) is 5.76. The minimum atomic E-state index is -1.21. The van der Waals surface area contributed by atoms with Gasteiger partial charge in [-0.05, 0) is 6.42 Å². The van der Waals surface area contributed by atoms with Crippen LogP contribution in [0.4, 0.5) is 0 Å². The molecule has 0 fully saturated rings. The van der Waals surface area contributed by atoms with Gasteiger partial charge in [0.25, 0.3) is 0 Å². The second-order valence-electron chi connectivity index (χ2n) is 2.21. The van der Waals surface area contributed by atoms with Gasteiger partial charge in [0.05, 0.1) is 0 Å². The average Bonchev–Trinajstić information content (AvgIpc) is 2.01. The number of rotatable bonds is 3. The highest BCUT2D eigenvalue weighted by Crippen LogP contribution is 1.92. The van der Waals surface area contributed by atoms with E-state index in [-0.39, 0.29) is 0 Å². The molecule has 0 aliphatic rings. The topological polar surface area (TPSA) is 57.5 Å². The SMILES string of the molecule is CC/C=C\C[C@@H](O)C#CC(=O)O. The van der Waals surface area contributed by atoms with E-state index in [1.54, 1.807) is 6.08 Å². The van der Waals surface area contributed by atoms with Crippen LogP contribution < -0.4 is 0 Å². The van der Waals surface area contributed by atoms with Crippen molar-refractivity contribution >= 4 is 5.97 Å². The summed E-state index contributed by atoms with van der Waals surface area (Å²) in [4.78, 5) is 9.93. The molecule has 3 nitrogen and oxygen atoms in total. The van der Waals surface area contributed by atoms with Crippen LogP contribution in [0.25, 0.3) is 0 Å². The van der Waals surface area contributed by atoms with Crippen molar-refractivity contribution in [2.75, 3.05) is 0 Å². The fourth-order valence-electron chi connectivity index (χ4n) is 0.596. The molecule has 66 valence electrons. The van der Waals surface area contributed by atoms with Crippen molar-refractivity contribution in [3.8, 4) is 11.8 Å². The number of carboxylic acid groups (broad SMARTS) is 1. The Labute approximate surface area is 71.7 Å². The number of aliphatic hydroxyl groups excluding tert-OH is 1.